The van der Waals surface area contributed by atoms with E-state index in [1.165, 1.54) is 6.07 Å². The van der Waals surface area contributed by atoms with Gasteiger partial charge in [0, 0.05) is 44.5 Å². The average Bonchev–Trinajstić information content (AvgIpc) is 3.32. The minimum atomic E-state index is -0.643. The van der Waals surface area contributed by atoms with E-state index in [1.807, 2.05) is 29.8 Å². The average molecular weight is 521 g/mol. The molecule has 3 aromatic heterocycles. The molecule has 0 radical (unpaired) electrons. The van der Waals surface area contributed by atoms with Crippen molar-refractivity contribution in [3.8, 4) is 11.3 Å². The molecule has 0 bridgehead atoms. The molecule has 4 aromatic rings. The van der Waals surface area contributed by atoms with Crippen LogP contribution >= 0.6 is 0 Å². The third-order valence-electron chi connectivity index (χ3n) is 7.25. The first kappa shape index (κ1) is 24.8. The zero-order valence-electron chi connectivity index (χ0n) is 21.5. The van der Waals surface area contributed by atoms with Crippen molar-refractivity contribution in [1.82, 2.24) is 34.3 Å². The fourth-order valence-corrected chi connectivity index (χ4v) is 5.18. The molecule has 1 aromatic carbocycles. The largest absolute Gasteiger partial charge is 0.371 e. The van der Waals surface area contributed by atoms with Crippen LogP contribution < -0.4 is 5.32 Å². The molecule has 6 rings (SSSR count). The molecule has 198 valence electrons. The molecule has 9 nitrogen and oxygen atoms in total. The normalized spacial score (nSPS) is 18.6. The number of rotatable bonds is 6. The van der Waals surface area contributed by atoms with E-state index < -0.39 is 11.6 Å². The van der Waals surface area contributed by atoms with Crippen LogP contribution in [0.2, 0.25) is 0 Å². The second-order valence-electron chi connectivity index (χ2n) is 9.87. The van der Waals surface area contributed by atoms with Gasteiger partial charge in [0.25, 0.3) is 0 Å². The van der Waals surface area contributed by atoms with Crippen molar-refractivity contribution in [3.63, 3.8) is 0 Å². The van der Waals surface area contributed by atoms with Crippen LogP contribution in [0.4, 0.5) is 20.5 Å². The van der Waals surface area contributed by atoms with Crippen LogP contribution in [0.5, 0.6) is 0 Å². The summed E-state index contributed by atoms with van der Waals surface area (Å²) in [6.45, 7) is 11.2. The van der Waals surface area contributed by atoms with Gasteiger partial charge in [0.1, 0.15) is 29.5 Å². The number of piperazine rings is 1. The van der Waals surface area contributed by atoms with E-state index in [-0.39, 0.29) is 23.2 Å². The molecule has 2 aliphatic rings. The highest BCUT2D eigenvalue weighted by atomic mass is 19.1. The monoisotopic (exact) mass is 520 g/mol. The second kappa shape index (κ2) is 10.3. The maximum Gasteiger partial charge on any atom is 0.229 e. The van der Waals surface area contributed by atoms with Gasteiger partial charge in [0.2, 0.25) is 5.95 Å². The summed E-state index contributed by atoms with van der Waals surface area (Å²) >= 11 is 0. The van der Waals surface area contributed by atoms with Crippen molar-refractivity contribution in [3.05, 3.63) is 59.7 Å². The standard InChI is InChI=1S/C27H30F2N8O/c1-3-35-6-8-36(9-7-35)14-18-4-5-23(30-12-18)32-27-31-13-21(29)25(34-27)19-10-20(28)26-22(11-19)37-17(2)15-38-16-24(37)33-26/h4-5,10-13,17H,3,6-9,14-16H2,1-2H3,(H,30,31,32,34)/t17-/m1/s1. The molecule has 1 N–H and O–H groups in total. The Balaban J connectivity index is 1.21. The molecule has 1 saturated heterocycles. The van der Waals surface area contributed by atoms with Crippen LogP contribution in [0.3, 0.4) is 0 Å². The van der Waals surface area contributed by atoms with Gasteiger partial charge in [0.05, 0.1) is 24.4 Å². The number of benzene rings is 1. The van der Waals surface area contributed by atoms with Gasteiger partial charge >= 0.3 is 0 Å². The number of hydrogen-bond acceptors (Lipinski definition) is 8. The van der Waals surface area contributed by atoms with E-state index in [2.05, 4.69) is 42.0 Å². The second-order valence-corrected chi connectivity index (χ2v) is 9.87. The van der Waals surface area contributed by atoms with Crippen molar-refractivity contribution >= 4 is 22.8 Å². The van der Waals surface area contributed by atoms with Gasteiger partial charge in [-0.05, 0) is 37.2 Å². The molecular formula is C27H30F2N8O. The smallest absolute Gasteiger partial charge is 0.229 e. The molecule has 0 saturated carbocycles. The molecule has 2 aliphatic heterocycles. The van der Waals surface area contributed by atoms with Crippen LogP contribution in [0.1, 0.15) is 31.3 Å². The third-order valence-corrected chi connectivity index (χ3v) is 7.25. The Bertz CT molecular complexity index is 1450. The van der Waals surface area contributed by atoms with Gasteiger partial charge in [-0.3, -0.25) is 4.90 Å². The lowest BCUT2D eigenvalue weighted by molar-refractivity contribution is 0.0621. The molecule has 1 atom stereocenters. The number of likely N-dealkylation sites (N-methyl/N-ethyl adjacent to an activating group) is 1. The highest BCUT2D eigenvalue weighted by molar-refractivity contribution is 5.83. The number of ether oxygens (including phenoxy) is 1. The Morgan fingerprint density at radius 3 is 2.58 bits per heavy atom. The van der Waals surface area contributed by atoms with Crippen molar-refractivity contribution in [2.45, 2.75) is 33.0 Å². The lowest BCUT2D eigenvalue weighted by atomic mass is 10.1. The van der Waals surface area contributed by atoms with Crippen LogP contribution in [-0.4, -0.2) is 73.6 Å². The fourth-order valence-electron chi connectivity index (χ4n) is 5.18. The zero-order chi connectivity index (χ0) is 26.2. The summed E-state index contributed by atoms with van der Waals surface area (Å²) in [5, 5.41) is 3.04. The predicted octanol–water partition coefficient (Wildman–Crippen LogP) is 4.14. The maximum atomic E-state index is 15.1. The molecule has 38 heavy (non-hydrogen) atoms. The minimum Gasteiger partial charge on any atom is -0.371 e. The number of halogens is 2. The van der Waals surface area contributed by atoms with E-state index in [0.717, 1.165) is 51.0 Å². The molecule has 0 spiro atoms. The topological polar surface area (TPSA) is 84.2 Å². The SMILES string of the molecule is CCN1CCN(Cc2ccc(Nc3ncc(F)c(-c4cc(F)c5nc6n(c5c4)[C@H](C)COC6)n3)nc2)CC1. The third kappa shape index (κ3) is 4.84. The van der Waals surface area contributed by atoms with Crippen molar-refractivity contribution in [2.24, 2.45) is 0 Å². The summed E-state index contributed by atoms with van der Waals surface area (Å²) < 4.78 is 37.4. The first-order valence-electron chi connectivity index (χ1n) is 13.0. The molecule has 5 heterocycles. The zero-order valence-corrected chi connectivity index (χ0v) is 21.5. The van der Waals surface area contributed by atoms with E-state index >= 15 is 4.39 Å². The molecular weight excluding hydrogens is 490 g/mol. The number of fused-ring (bicyclic) bond motifs is 3. The number of nitrogens with one attached hydrogen (secondary N) is 1. The summed E-state index contributed by atoms with van der Waals surface area (Å²) in [5.74, 6) is 0.193. The molecule has 0 aliphatic carbocycles. The number of pyridine rings is 1. The Labute approximate surface area is 219 Å². The van der Waals surface area contributed by atoms with E-state index in [0.29, 0.717) is 35.9 Å². The van der Waals surface area contributed by atoms with Gasteiger partial charge in [-0.15, -0.1) is 0 Å². The Morgan fingerprint density at radius 1 is 1.00 bits per heavy atom. The molecule has 0 amide bonds. The van der Waals surface area contributed by atoms with Gasteiger partial charge < -0.3 is 19.5 Å². The fraction of sp³-hybridized carbons (Fsp3) is 0.407. The summed E-state index contributed by atoms with van der Waals surface area (Å²) in [5.41, 5.74) is 2.26. The van der Waals surface area contributed by atoms with Gasteiger partial charge in [-0.25, -0.2) is 28.7 Å². The first-order chi connectivity index (χ1) is 18.5. The summed E-state index contributed by atoms with van der Waals surface area (Å²) in [4.78, 5) is 22.2. The van der Waals surface area contributed by atoms with Crippen LogP contribution in [-0.2, 0) is 17.9 Å². The van der Waals surface area contributed by atoms with Crippen molar-refractivity contribution in [2.75, 3.05) is 44.6 Å². The van der Waals surface area contributed by atoms with Gasteiger partial charge in [-0.1, -0.05) is 13.0 Å². The quantitative estimate of drug-likeness (QED) is 0.406. The van der Waals surface area contributed by atoms with E-state index in [1.54, 1.807) is 6.07 Å². The lowest BCUT2D eigenvalue weighted by Crippen LogP contribution is -2.45. The number of nitrogens with zero attached hydrogens (tertiary/aromatic N) is 7. The highest BCUT2D eigenvalue weighted by Crippen LogP contribution is 2.32. The molecule has 1 fully saturated rings. The summed E-state index contributed by atoms with van der Waals surface area (Å²) in [6, 6.07) is 6.84. The maximum absolute atomic E-state index is 15.1. The van der Waals surface area contributed by atoms with Crippen molar-refractivity contribution < 1.29 is 13.5 Å². The van der Waals surface area contributed by atoms with Crippen LogP contribution in [0.15, 0.2) is 36.7 Å². The van der Waals surface area contributed by atoms with E-state index in [4.69, 9.17) is 4.74 Å². The van der Waals surface area contributed by atoms with Gasteiger partial charge in [-0.2, -0.15) is 0 Å². The van der Waals surface area contributed by atoms with Crippen LogP contribution in [0, 0.1) is 11.6 Å². The van der Waals surface area contributed by atoms with Gasteiger partial charge in [0.15, 0.2) is 11.6 Å². The van der Waals surface area contributed by atoms with E-state index in [9.17, 15) is 4.39 Å². The number of anilines is 2. The van der Waals surface area contributed by atoms with Crippen LogP contribution in [0.25, 0.3) is 22.3 Å². The summed E-state index contributed by atoms with van der Waals surface area (Å²) in [7, 11) is 0. The highest BCUT2D eigenvalue weighted by Gasteiger charge is 2.24. The minimum absolute atomic E-state index is 0.00130. The predicted molar refractivity (Wildman–Crippen MR) is 140 cm³/mol. The Kier molecular flexibility index (Phi) is 6.73. The number of aromatic nitrogens is 5. The molecule has 11 heteroatoms. The molecule has 0 unspecified atom stereocenters. The Hall–Kier alpha value is -3.54. The summed E-state index contributed by atoms with van der Waals surface area (Å²) in [6.07, 6.45) is 2.91. The van der Waals surface area contributed by atoms with Crippen molar-refractivity contribution in [1.29, 1.82) is 0 Å². The number of hydrogen-bond donors (Lipinski definition) is 1. The lowest BCUT2D eigenvalue weighted by Gasteiger charge is -2.33. The number of imidazole rings is 1. The Morgan fingerprint density at radius 2 is 1.82 bits per heavy atom. The first-order valence-corrected chi connectivity index (χ1v) is 13.0.